The zero-order valence-electron chi connectivity index (χ0n) is 13.4. The number of carbonyl (C=O) groups excluding carboxylic acids is 1. The molecule has 122 valence electrons. The van der Waals surface area contributed by atoms with Crippen molar-refractivity contribution in [1.29, 1.82) is 0 Å². The van der Waals surface area contributed by atoms with Crippen LogP contribution in [0, 0.1) is 0 Å². The molecule has 0 amide bonds. The number of hydrogen-bond acceptors (Lipinski definition) is 4. The first-order valence-electron chi connectivity index (χ1n) is 8.18. The van der Waals surface area contributed by atoms with Gasteiger partial charge in [0.15, 0.2) is 11.6 Å². The van der Waals surface area contributed by atoms with Crippen LogP contribution in [0.1, 0.15) is 53.1 Å². The van der Waals surface area contributed by atoms with Crippen LogP contribution in [-0.2, 0) is 12.8 Å². The summed E-state index contributed by atoms with van der Waals surface area (Å²) in [5.41, 5.74) is 2.64. The minimum absolute atomic E-state index is 0.100. The Morgan fingerprint density at radius 1 is 1.33 bits per heavy atom. The predicted molar refractivity (Wildman–Crippen MR) is 91.6 cm³/mol. The van der Waals surface area contributed by atoms with Crippen LogP contribution in [0.2, 0.25) is 5.02 Å². The number of benzene rings is 1. The molecule has 1 aromatic carbocycles. The van der Waals surface area contributed by atoms with Gasteiger partial charge in [-0.1, -0.05) is 30.7 Å². The van der Waals surface area contributed by atoms with E-state index < -0.39 is 0 Å². The Bertz CT molecular complexity index is 934. The minimum Gasteiger partial charge on any atom is -0.294 e. The molecule has 1 unspecified atom stereocenters. The van der Waals surface area contributed by atoms with Gasteiger partial charge in [0.05, 0.1) is 11.3 Å². The summed E-state index contributed by atoms with van der Waals surface area (Å²) in [5, 5.41) is 5.25. The average Bonchev–Trinajstić information content (AvgIpc) is 2.98. The molecule has 1 aliphatic rings. The third-order valence-corrected chi connectivity index (χ3v) is 4.71. The second kappa shape index (κ2) is 5.98. The van der Waals surface area contributed by atoms with Gasteiger partial charge in [0.1, 0.15) is 0 Å². The van der Waals surface area contributed by atoms with Gasteiger partial charge in [0.25, 0.3) is 5.78 Å². The molecule has 5 nitrogen and oxygen atoms in total. The maximum atomic E-state index is 12.6. The fourth-order valence-electron chi connectivity index (χ4n) is 3.32. The fourth-order valence-corrected chi connectivity index (χ4v) is 3.51. The van der Waals surface area contributed by atoms with E-state index in [0.29, 0.717) is 22.8 Å². The van der Waals surface area contributed by atoms with Crippen molar-refractivity contribution in [1.82, 2.24) is 19.6 Å². The largest absolute Gasteiger partial charge is 0.294 e. The molecule has 4 rings (SSSR count). The molecule has 0 fully saturated rings. The number of ketones is 1. The Balaban J connectivity index is 1.79. The van der Waals surface area contributed by atoms with Gasteiger partial charge in [-0.25, -0.2) is 9.50 Å². The number of carbonyl (C=O) groups is 1. The number of hydrogen-bond donors (Lipinski definition) is 0. The zero-order chi connectivity index (χ0) is 16.7. The molecule has 6 heteroatoms. The van der Waals surface area contributed by atoms with Gasteiger partial charge in [-0.3, -0.25) is 4.79 Å². The quantitative estimate of drug-likeness (QED) is 0.730. The van der Waals surface area contributed by atoms with Crippen LogP contribution >= 0.6 is 11.6 Å². The SMILES string of the molecule is CCCc1nc2ncc3c(n2n1)CC(c1cccc(Cl)c1)CC3=O. The van der Waals surface area contributed by atoms with Gasteiger partial charge in [0.2, 0.25) is 0 Å². The molecule has 24 heavy (non-hydrogen) atoms. The highest BCUT2D eigenvalue weighted by molar-refractivity contribution is 6.30. The molecule has 0 bridgehead atoms. The molecule has 0 spiro atoms. The maximum absolute atomic E-state index is 12.6. The molecule has 0 saturated heterocycles. The third kappa shape index (κ3) is 2.59. The summed E-state index contributed by atoms with van der Waals surface area (Å²) < 4.78 is 1.74. The van der Waals surface area contributed by atoms with E-state index >= 15 is 0 Å². The third-order valence-electron chi connectivity index (χ3n) is 4.48. The molecule has 0 aliphatic heterocycles. The van der Waals surface area contributed by atoms with Crippen molar-refractivity contribution in [2.24, 2.45) is 0 Å². The van der Waals surface area contributed by atoms with Crippen LogP contribution in [0.15, 0.2) is 30.5 Å². The highest BCUT2D eigenvalue weighted by Gasteiger charge is 2.29. The monoisotopic (exact) mass is 340 g/mol. The number of rotatable bonds is 3. The Morgan fingerprint density at radius 3 is 3.00 bits per heavy atom. The summed E-state index contributed by atoms with van der Waals surface area (Å²) in [6.45, 7) is 2.09. The average molecular weight is 341 g/mol. The van der Waals surface area contributed by atoms with E-state index in [0.717, 1.165) is 36.3 Å². The lowest BCUT2D eigenvalue weighted by Gasteiger charge is -2.24. The molecule has 2 heterocycles. The Morgan fingerprint density at radius 2 is 2.21 bits per heavy atom. The molecule has 0 N–H and O–H groups in total. The smallest absolute Gasteiger partial charge is 0.252 e. The highest BCUT2D eigenvalue weighted by atomic mass is 35.5. The minimum atomic E-state index is 0.100. The maximum Gasteiger partial charge on any atom is 0.252 e. The molecule has 1 atom stereocenters. The van der Waals surface area contributed by atoms with Gasteiger partial charge in [0, 0.05) is 24.1 Å². The zero-order valence-corrected chi connectivity index (χ0v) is 14.1. The summed E-state index contributed by atoms with van der Waals surface area (Å²) in [6.07, 6.45) is 4.63. The second-order valence-corrected chi connectivity index (χ2v) is 6.63. The molecule has 3 aromatic rings. The summed E-state index contributed by atoms with van der Waals surface area (Å²) in [7, 11) is 0. The van der Waals surface area contributed by atoms with E-state index in [-0.39, 0.29) is 11.7 Å². The van der Waals surface area contributed by atoms with Gasteiger partial charge < -0.3 is 0 Å². The highest BCUT2D eigenvalue weighted by Crippen LogP contribution is 2.33. The van der Waals surface area contributed by atoms with Crippen molar-refractivity contribution in [3.05, 3.63) is 58.1 Å². The Hall–Kier alpha value is -2.27. The number of Topliss-reactive ketones (excluding diaryl/α,β-unsaturated/α-hetero) is 1. The van der Waals surface area contributed by atoms with Gasteiger partial charge >= 0.3 is 0 Å². The van der Waals surface area contributed by atoms with E-state index in [1.807, 2.05) is 24.3 Å². The van der Waals surface area contributed by atoms with E-state index in [1.54, 1.807) is 10.7 Å². The number of fused-ring (bicyclic) bond motifs is 3. The normalized spacial score (nSPS) is 17.2. The number of aryl methyl sites for hydroxylation is 1. The Labute approximate surface area is 144 Å². The summed E-state index contributed by atoms with van der Waals surface area (Å²) in [4.78, 5) is 21.4. The van der Waals surface area contributed by atoms with E-state index in [9.17, 15) is 4.79 Å². The molecule has 1 aliphatic carbocycles. The first-order valence-corrected chi connectivity index (χ1v) is 8.55. The lowest BCUT2D eigenvalue weighted by Crippen LogP contribution is -2.22. The van der Waals surface area contributed by atoms with Crippen molar-refractivity contribution >= 4 is 23.2 Å². The van der Waals surface area contributed by atoms with Crippen LogP contribution in [0.4, 0.5) is 0 Å². The van der Waals surface area contributed by atoms with Crippen molar-refractivity contribution in [3.8, 4) is 0 Å². The molecule has 2 aromatic heterocycles. The first kappa shape index (κ1) is 15.3. The van der Waals surface area contributed by atoms with Crippen LogP contribution in [0.3, 0.4) is 0 Å². The predicted octanol–water partition coefficient (Wildman–Crippen LogP) is 3.64. The van der Waals surface area contributed by atoms with Crippen LogP contribution in [0.25, 0.3) is 5.78 Å². The van der Waals surface area contributed by atoms with Crippen molar-refractivity contribution < 1.29 is 4.79 Å². The van der Waals surface area contributed by atoms with Gasteiger partial charge in [-0.15, -0.1) is 5.10 Å². The van der Waals surface area contributed by atoms with Crippen molar-refractivity contribution in [3.63, 3.8) is 0 Å². The lowest BCUT2D eigenvalue weighted by atomic mass is 9.82. The summed E-state index contributed by atoms with van der Waals surface area (Å²) >= 11 is 6.11. The first-order chi connectivity index (χ1) is 11.7. The van der Waals surface area contributed by atoms with Crippen LogP contribution in [0.5, 0.6) is 0 Å². The fraction of sp³-hybridized carbons (Fsp3) is 0.333. The lowest BCUT2D eigenvalue weighted by molar-refractivity contribution is 0.0962. The number of nitrogens with zero attached hydrogens (tertiary/aromatic N) is 4. The molecular formula is C18H17ClN4O. The second-order valence-electron chi connectivity index (χ2n) is 6.19. The van der Waals surface area contributed by atoms with Gasteiger partial charge in [-0.05, 0) is 36.5 Å². The molecule has 0 radical (unpaired) electrons. The van der Waals surface area contributed by atoms with E-state index in [1.165, 1.54) is 0 Å². The molecular weight excluding hydrogens is 324 g/mol. The topological polar surface area (TPSA) is 60.1 Å². The Kier molecular flexibility index (Phi) is 3.81. The van der Waals surface area contributed by atoms with Gasteiger partial charge in [-0.2, -0.15) is 4.98 Å². The molecule has 0 saturated carbocycles. The van der Waals surface area contributed by atoms with E-state index in [2.05, 4.69) is 22.0 Å². The number of halogens is 1. The van der Waals surface area contributed by atoms with Crippen LogP contribution in [-0.4, -0.2) is 25.4 Å². The standard InChI is InChI=1S/C18H17ClN4O/c1-2-4-17-21-18-20-10-14-15(23(18)22-17)8-12(9-16(14)24)11-5-3-6-13(19)7-11/h3,5-7,10,12H,2,4,8-9H2,1H3. The van der Waals surface area contributed by atoms with E-state index in [4.69, 9.17) is 11.6 Å². The summed E-state index contributed by atoms with van der Waals surface area (Å²) in [6, 6.07) is 7.73. The van der Waals surface area contributed by atoms with Crippen molar-refractivity contribution in [2.45, 2.75) is 38.5 Å². The summed E-state index contributed by atoms with van der Waals surface area (Å²) in [5.74, 6) is 1.55. The number of aromatic nitrogens is 4. The van der Waals surface area contributed by atoms with Crippen molar-refractivity contribution in [2.75, 3.05) is 0 Å². The van der Waals surface area contributed by atoms with Crippen LogP contribution < -0.4 is 0 Å².